The number of aromatic nitrogens is 2. The van der Waals surface area contributed by atoms with Crippen LogP contribution in [0.3, 0.4) is 0 Å². The van der Waals surface area contributed by atoms with Crippen LogP contribution in [-0.4, -0.2) is 15.9 Å². The number of rotatable bonds is 0. The second kappa shape index (κ2) is 2.27. The molecular weight excluding hydrogens is 210 g/mol. The van der Waals surface area contributed by atoms with Gasteiger partial charge in [0.2, 0.25) is 5.91 Å². The highest BCUT2D eigenvalue weighted by Crippen LogP contribution is 2.19. The Bertz CT molecular complexity index is 326. The van der Waals surface area contributed by atoms with E-state index in [1.807, 2.05) is 0 Å². The Morgan fingerprint density at radius 1 is 1.64 bits per heavy atom. The summed E-state index contributed by atoms with van der Waals surface area (Å²) < 4.78 is 0.660. The van der Waals surface area contributed by atoms with Crippen LogP contribution in [0.5, 0.6) is 0 Å². The first-order chi connectivity index (χ1) is 5.25. The number of hydrogen-bond acceptors (Lipinski definition) is 3. The van der Waals surface area contributed by atoms with Gasteiger partial charge < -0.3 is 5.32 Å². The van der Waals surface area contributed by atoms with Crippen LogP contribution in [0.15, 0.2) is 10.8 Å². The van der Waals surface area contributed by atoms with Gasteiger partial charge in [-0.15, -0.1) is 0 Å². The molecule has 0 unspecified atom stereocenters. The van der Waals surface area contributed by atoms with Crippen LogP contribution in [0.4, 0.5) is 5.82 Å². The van der Waals surface area contributed by atoms with Gasteiger partial charge in [-0.3, -0.25) is 4.79 Å². The smallest absolute Gasteiger partial charge is 0.231 e. The van der Waals surface area contributed by atoms with Crippen LogP contribution in [0.25, 0.3) is 0 Å². The van der Waals surface area contributed by atoms with E-state index in [0.29, 0.717) is 22.5 Å². The molecule has 0 bridgehead atoms. The molecule has 4 nitrogen and oxygen atoms in total. The Hall–Kier alpha value is -0.970. The number of carbonyl (C=O) groups is 1. The molecule has 0 saturated carbocycles. The van der Waals surface area contributed by atoms with E-state index in [0.717, 1.165) is 0 Å². The van der Waals surface area contributed by atoms with E-state index in [1.54, 1.807) is 6.20 Å². The zero-order valence-corrected chi connectivity index (χ0v) is 7.05. The van der Waals surface area contributed by atoms with Gasteiger partial charge in [-0.25, -0.2) is 9.97 Å². The fraction of sp³-hybridized carbons (Fsp3) is 0.167. The van der Waals surface area contributed by atoms with E-state index < -0.39 is 0 Å². The Labute approximate surface area is 71.2 Å². The molecule has 0 radical (unpaired) electrons. The normalized spacial score (nSPS) is 14.5. The Balaban J connectivity index is 2.51. The van der Waals surface area contributed by atoms with Crippen LogP contribution >= 0.6 is 15.9 Å². The maximum atomic E-state index is 10.8. The molecule has 0 atom stereocenters. The molecule has 1 amide bonds. The lowest BCUT2D eigenvalue weighted by Crippen LogP contribution is -2.04. The molecule has 56 valence electrons. The summed E-state index contributed by atoms with van der Waals surface area (Å²) in [4.78, 5) is 18.8. The summed E-state index contributed by atoms with van der Waals surface area (Å²) >= 11 is 3.17. The third kappa shape index (κ3) is 1.11. The molecule has 0 spiro atoms. The van der Waals surface area contributed by atoms with Crippen LogP contribution in [0, 0.1) is 0 Å². The standard InChI is InChI=1S/C6H4BrN3O/c7-4-2-8-6-3(9-4)1-5(11)10-6/h2H,1H2,(H,8,10,11). The first kappa shape index (κ1) is 6.72. The summed E-state index contributed by atoms with van der Waals surface area (Å²) in [7, 11) is 0. The highest BCUT2D eigenvalue weighted by molar-refractivity contribution is 9.10. The predicted molar refractivity (Wildman–Crippen MR) is 42.1 cm³/mol. The SMILES string of the molecule is O=C1Cc2nc(Br)cnc2N1. The molecule has 2 heterocycles. The topological polar surface area (TPSA) is 54.9 Å². The van der Waals surface area contributed by atoms with Crippen molar-refractivity contribution in [2.45, 2.75) is 6.42 Å². The molecule has 0 aliphatic carbocycles. The summed E-state index contributed by atoms with van der Waals surface area (Å²) in [5.41, 5.74) is 0.712. The molecular formula is C6H4BrN3O. The first-order valence-electron chi connectivity index (χ1n) is 3.07. The van der Waals surface area contributed by atoms with Gasteiger partial charge in [-0.05, 0) is 15.9 Å². The molecule has 11 heavy (non-hydrogen) atoms. The van der Waals surface area contributed by atoms with Crippen molar-refractivity contribution in [3.8, 4) is 0 Å². The van der Waals surface area contributed by atoms with E-state index in [4.69, 9.17) is 0 Å². The van der Waals surface area contributed by atoms with Crippen LogP contribution < -0.4 is 5.32 Å². The fourth-order valence-electron chi connectivity index (χ4n) is 0.959. The number of carbonyl (C=O) groups excluding carboxylic acids is 1. The zero-order chi connectivity index (χ0) is 7.84. The van der Waals surface area contributed by atoms with Crippen molar-refractivity contribution in [2.24, 2.45) is 0 Å². The first-order valence-corrected chi connectivity index (χ1v) is 3.86. The van der Waals surface area contributed by atoms with Crippen molar-refractivity contribution in [2.75, 3.05) is 5.32 Å². The zero-order valence-electron chi connectivity index (χ0n) is 5.47. The Kier molecular flexibility index (Phi) is 1.38. The van der Waals surface area contributed by atoms with E-state index in [2.05, 4.69) is 31.2 Å². The summed E-state index contributed by atoms with van der Waals surface area (Å²) in [6, 6.07) is 0. The molecule has 0 saturated heterocycles. The van der Waals surface area contributed by atoms with Gasteiger partial charge in [0.1, 0.15) is 4.60 Å². The molecule has 1 aliphatic heterocycles. The van der Waals surface area contributed by atoms with Gasteiger partial charge >= 0.3 is 0 Å². The molecule has 1 aromatic rings. The van der Waals surface area contributed by atoms with Crippen molar-refractivity contribution in [1.29, 1.82) is 0 Å². The number of amides is 1. The molecule has 0 fully saturated rings. The summed E-state index contributed by atoms with van der Waals surface area (Å²) in [6.07, 6.45) is 1.90. The summed E-state index contributed by atoms with van der Waals surface area (Å²) in [5, 5.41) is 2.59. The van der Waals surface area contributed by atoms with Gasteiger partial charge in [0.05, 0.1) is 18.3 Å². The average Bonchev–Trinajstić information content (AvgIpc) is 2.27. The molecule has 5 heteroatoms. The fourth-order valence-corrected chi connectivity index (χ4v) is 1.28. The number of nitrogens with zero attached hydrogens (tertiary/aromatic N) is 2. The Morgan fingerprint density at radius 2 is 2.45 bits per heavy atom. The second-order valence-corrected chi connectivity index (χ2v) is 3.03. The maximum Gasteiger partial charge on any atom is 0.231 e. The highest BCUT2D eigenvalue weighted by atomic mass is 79.9. The summed E-state index contributed by atoms with van der Waals surface area (Å²) in [5.74, 6) is 0.538. The third-order valence-corrected chi connectivity index (χ3v) is 1.78. The van der Waals surface area contributed by atoms with Crippen molar-refractivity contribution >= 4 is 27.7 Å². The molecule has 1 aromatic heterocycles. The van der Waals surface area contributed by atoms with Crippen molar-refractivity contribution in [3.05, 3.63) is 16.5 Å². The maximum absolute atomic E-state index is 10.8. The van der Waals surface area contributed by atoms with Crippen LogP contribution in [-0.2, 0) is 11.2 Å². The minimum Gasteiger partial charge on any atom is -0.309 e. The quantitative estimate of drug-likeness (QED) is 0.692. The second-order valence-electron chi connectivity index (χ2n) is 2.21. The largest absolute Gasteiger partial charge is 0.309 e. The lowest BCUT2D eigenvalue weighted by molar-refractivity contribution is -0.115. The number of fused-ring (bicyclic) bond motifs is 1. The lowest BCUT2D eigenvalue weighted by atomic mass is 10.3. The molecule has 1 N–H and O–H groups in total. The average molecular weight is 214 g/mol. The monoisotopic (exact) mass is 213 g/mol. The van der Waals surface area contributed by atoms with Crippen molar-refractivity contribution in [3.63, 3.8) is 0 Å². The third-order valence-electron chi connectivity index (χ3n) is 1.40. The van der Waals surface area contributed by atoms with Crippen molar-refractivity contribution < 1.29 is 4.79 Å². The minimum absolute atomic E-state index is 0.0434. The van der Waals surface area contributed by atoms with E-state index in [9.17, 15) is 4.79 Å². The van der Waals surface area contributed by atoms with Gasteiger partial charge in [-0.2, -0.15) is 0 Å². The summed E-state index contributed by atoms with van der Waals surface area (Å²) in [6.45, 7) is 0. The number of halogens is 1. The highest BCUT2D eigenvalue weighted by Gasteiger charge is 2.19. The van der Waals surface area contributed by atoms with Gasteiger partial charge in [-0.1, -0.05) is 0 Å². The lowest BCUT2D eigenvalue weighted by Gasteiger charge is -1.94. The predicted octanol–water partition coefficient (Wildman–Crippen LogP) is 0.734. The number of hydrogen-bond donors (Lipinski definition) is 1. The molecule has 2 rings (SSSR count). The van der Waals surface area contributed by atoms with E-state index in [1.165, 1.54) is 0 Å². The number of nitrogens with one attached hydrogen (secondary N) is 1. The van der Waals surface area contributed by atoms with E-state index >= 15 is 0 Å². The van der Waals surface area contributed by atoms with E-state index in [-0.39, 0.29) is 5.91 Å². The number of anilines is 1. The molecule has 1 aliphatic rings. The minimum atomic E-state index is -0.0434. The van der Waals surface area contributed by atoms with Crippen molar-refractivity contribution in [1.82, 2.24) is 9.97 Å². The van der Waals surface area contributed by atoms with Gasteiger partial charge in [0.15, 0.2) is 5.82 Å². The Morgan fingerprint density at radius 3 is 3.27 bits per heavy atom. The molecule has 0 aromatic carbocycles. The van der Waals surface area contributed by atoms with Gasteiger partial charge in [0, 0.05) is 0 Å². The van der Waals surface area contributed by atoms with Gasteiger partial charge in [0.25, 0.3) is 0 Å². The van der Waals surface area contributed by atoms with Crippen LogP contribution in [0.2, 0.25) is 0 Å². The van der Waals surface area contributed by atoms with Crippen LogP contribution in [0.1, 0.15) is 5.69 Å².